The van der Waals surface area contributed by atoms with Crippen LogP contribution in [0.4, 0.5) is 5.82 Å². The van der Waals surface area contributed by atoms with Gasteiger partial charge >= 0.3 is 0 Å². The average Bonchev–Trinajstić information content (AvgIpc) is 2.31. The Hall–Kier alpha value is -1.16. The summed E-state index contributed by atoms with van der Waals surface area (Å²) in [4.78, 5) is 11.2. The molecule has 16 heavy (non-hydrogen) atoms. The molecular weight excluding hydrogens is 200 g/mol. The van der Waals surface area contributed by atoms with Crippen LogP contribution in [0.3, 0.4) is 0 Å². The van der Waals surface area contributed by atoms with E-state index in [0.717, 1.165) is 31.0 Å². The number of hydrogen-bond donors (Lipinski definition) is 1. The number of aromatic nitrogens is 2. The number of anilines is 1. The maximum Gasteiger partial charge on any atom is 0.150 e. The van der Waals surface area contributed by atoms with Crippen molar-refractivity contribution in [3.8, 4) is 0 Å². The summed E-state index contributed by atoms with van der Waals surface area (Å²) in [5.41, 5.74) is 6.69. The Bertz CT molecular complexity index is 338. The van der Waals surface area contributed by atoms with Crippen molar-refractivity contribution in [1.82, 2.24) is 9.97 Å². The molecular formula is C12H20N4. The minimum absolute atomic E-state index is 0.550. The molecule has 4 nitrogen and oxygen atoms in total. The maximum absolute atomic E-state index is 5.68. The molecule has 1 saturated heterocycles. The van der Waals surface area contributed by atoms with E-state index < -0.39 is 0 Å². The van der Waals surface area contributed by atoms with Crippen LogP contribution >= 0.6 is 0 Å². The van der Waals surface area contributed by atoms with Gasteiger partial charge in [0.1, 0.15) is 5.82 Å². The molecule has 2 N–H and O–H groups in total. The van der Waals surface area contributed by atoms with Crippen molar-refractivity contribution in [1.29, 1.82) is 0 Å². The van der Waals surface area contributed by atoms with E-state index in [1.54, 1.807) is 12.4 Å². The second-order valence-electron chi connectivity index (χ2n) is 4.39. The molecule has 1 aromatic rings. The monoisotopic (exact) mass is 220 g/mol. The summed E-state index contributed by atoms with van der Waals surface area (Å²) >= 11 is 0. The first-order chi connectivity index (χ1) is 7.83. The third-order valence-electron chi connectivity index (χ3n) is 3.25. The van der Waals surface area contributed by atoms with Gasteiger partial charge in [0.15, 0.2) is 0 Å². The van der Waals surface area contributed by atoms with Gasteiger partial charge in [-0.3, -0.25) is 4.98 Å². The van der Waals surface area contributed by atoms with Gasteiger partial charge in [-0.05, 0) is 39.2 Å². The molecule has 1 unspecified atom stereocenters. The topological polar surface area (TPSA) is 55.0 Å². The number of aryl methyl sites for hydroxylation is 1. The molecule has 0 spiro atoms. The average molecular weight is 220 g/mol. The summed E-state index contributed by atoms with van der Waals surface area (Å²) in [5, 5.41) is 0. The van der Waals surface area contributed by atoms with Crippen molar-refractivity contribution in [3.05, 3.63) is 18.1 Å². The van der Waals surface area contributed by atoms with Gasteiger partial charge in [0, 0.05) is 25.0 Å². The molecule has 0 aliphatic carbocycles. The Morgan fingerprint density at radius 3 is 2.94 bits per heavy atom. The fourth-order valence-electron chi connectivity index (χ4n) is 2.45. The van der Waals surface area contributed by atoms with Crippen LogP contribution in [0.1, 0.15) is 31.4 Å². The van der Waals surface area contributed by atoms with Crippen LogP contribution in [0.15, 0.2) is 12.4 Å². The number of rotatable bonds is 3. The van der Waals surface area contributed by atoms with Crippen molar-refractivity contribution in [2.75, 3.05) is 18.0 Å². The zero-order valence-corrected chi connectivity index (χ0v) is 9.89. The molecule has 1 fully saturated rings. The third-order valence-corrected chi connectivity index (χ3v) is 3.25. The van der Waals surface area contributed by atoms with Crippen molar-refractivity contribution >= 4 is 5.82 Å². The Balaban J connectivity index is 2.19. The fourth-order valence-corrected chi connectivity index (χ4v) is 2.45. The molecule has 1 aliphatic rings. The molecule has 1 atom stereocenters. The first kappa shape index (κ1) is 11.3. The zero-order chi connectivity index (χ0) is 11.4. The molecule has 0 amide bonds. The molecule has 2 rings (SSSR count). The van der Waals surface area contributed by atoms with Crippen molar-refractivity contribution in [2.24, 2.45) is 5.73 Å². The molecule has 88 valence electrons. The van der Waals surface area contributed by atoms with Crippen LogP contribution in [0, 0.1) is 6.92 Å². The first-order valence-corrected chi connectivity index (χ1v) is 6.07. The summed E-state index contributed by atoms with van der Waals surface area (Å²) in [6.07, 6.45) is 8.36. The van der Waals surface area contributed by atoms with Gasteiger partial charge < -0.3 is 10.6 Å². The van der Waals surface area contributed by atoms with E-state index in [0.29, 0.717) is 6.04 Å². The summed E-state index contributed by atoms with van der Waals surface area (Å²) in [6, 6.07) is 0.550. The Morgan fingerprint density at radius 2 is 2.19 bits per heavy atom. The van der Waals surface area contributed by atoms with E-state index >= 15 is 0 Å². The quantitative estimate of drug-likeness (QED) is 0.838. The minimum atomic E-state index is 0.550. The summed E-state index contributed by atoms with van der Waals surface area (Å²) in [5.74, 6) is 1.04. The highest BCUT2D eigenvalue weighted by atomic mass is 15.2. The molecule has 0 radical (unpaired) electrons. The van der Waals surface area contributed by atoms with Gasteiger partial charge in [-0.25, -0.2) is 4.98 Å². The lowest BCUT2D eigenvalue weighted by Crippen LogP contribution is -2.41. The highest BCUT2D eigenvalue weighted by molar-refractivity contribution is 5.43. The highest BCUT2D eigenvalue weighted by Gasteiger charge is 2.24. The lowest BCUT2D eigenvalue weighted by molar-refractivity contribution is 0.437. The van der Waals surface area contributed by atoms with Gasteiger partial charge in [-0.15, -0.1) is 0 Å². The second kappa shape index (κ2) is 5.25. The molecule has 1 aromatic heterocycles. The smallest absolute Gasteiger partial charge is 0.150 e. The number of hydrogen-bond acceptors (Lipinski definition) is 4. The van der Waals surface area contributed by atoms with Crippen LogP contribution in [0.2, 0.25) is 0 Å². The van der Waals surface area contributed by atoms with Crippen molar-refractivity contribution < 1.29 is 0 Å². The predicted molar refractivity (Wildman–Crippen MR) is 65.4 cm³/mol. The molecule has 0 bridgehead atoms. The SMILES string of the molecule is Cc1nccnc1N1CCCCC1CCN. The Kier molecular flexibility index (Phi) is 3.72. The standard InChI is InChI=1S/C12H20N4/c1-10-12(15-8-7-14-10)16-9-3-2-4-11(16)5-6-13/h7-8,11H,2-6,9,13H2,1H3. The molecule has 0 saturated carbocycles. The fraction of sp³-hybridized carbons (Fsp3) is 0.667. The molecule has 0 aromatic carbocycles. The Morgan fingerprint density at radius 1 is 1.38 bits per heavy atom. The second-order valence-corrected chi connectivity index (χ2v) is 4.39. The molecule has 1 aliphatic heterocycles. The van der Waals surface area contributed by atoms with Gasteiger partial charge in [-0.2, -0.15) is 0 Å². The van der Waals surface area contributed by atoms with E-state index in [2.05, 4.69) is 14.9 Å². The van der Waals surface area contributed by atoms with Crippen LogP contribution in [-0.4, -0.2) is 29.1 Å². The molecule has 4 heteroatoms. The van der Waals surface area contributed by atoms with E-state index in [-0.39, 0.29) is 0 Å². The third kappa shape index (κ3) is 2.32. The van der Waals surface area contributed by atoms with Gasteiger partial charge in [-0.1, -0.05) is 0 Å². The van der Waals surface area contributed by atoms with Crippen LogP contribution < -0.4 is 10.6 Å². The van der Waals surface area contributed by atoms with Crippen LogP contribution in [0.5, 0.6) is 0 Å². The maximum atomic E-state index is 5.68. The number of piperidine rings is 1. The van der Waals surface area contributed by atoms with Crippen molar-refractivity contribution in [2.45, 2.75) is 38.6 Å². The largest absolute Gasteiger partial charge is 0.352 e. The number of nitrogens with two attached hydrogens (primary N) is 1. The highest BCUT2D eigenvalue weighted by Crippen LogP contribution is 2.25. The number of nitrogens with zero attached hydrogens (tertiary/aromatic N) is 3. The summed E-state index contributed by atoms with van der Waals surface area (Å²) < 4.78 is 0. The lowest BCUT2D eigenvalue weighted by Gasteiger charge is -2.37. The predicted octanol–water partition coefficient (Wildman–Crippen LogP) is 1.49. The lowest BCUT2D eigenvalue weighted by atomic mass is 9.99. The van der Waals surface area contributed by atoms with E-state index in [9.17, 15) is 0 Å². The van der Waals surface area contributed by atoms with Crippen LogP contribution in [0.25, 0.3) is 0 Å². The normalized spacial score (nSPS) is 21.1. The summed E-state index contributed by atoms with van der Waals surface area (Å²) in [7, 11) is 0. The van der Waals surface area contributed by atoms with Gasteiger partial charge in [0.05, 0.1) is 5.69 Å². The zero-order valence-electron chi connectivity index (χ0n) is 9.89. The van der Waals surface area contributed by atoms with Gasteiger partial charge in [0.2, 0.25) is 0 Å². The molecule has 2 heterocycles. The van der Waals surface area contributed by atoms with Crippen LogP contribution in [-0.2, 0) is 0 Å². The van der Waals surface area contributed by atoms with Crippen molar-refractivity contribution in [3.63, 3.8) is 0 Å². The minimum Gasteiger partial charge on any atom is -0.352 e. The first-order valence-electron chi connectivity index (χ1n) is 6.07. The summed E-state index contributed by atoms with van der Waals surface area (Å²) in [6.45, 7) is 3.86. The van der Waals surface area contributed by atoms with Gasteiger partial charge in [0.25, 0.3) is 0 Å². The van der Waals surface area contributed by atoms with E-state index in [1.165, 1.54) is 19.3 Å². The van der Waals surface area contributed by atoms with E-state index in [1.807, 2.05) is 6.92 Å². The Labute approximate surface area is 96.9 Å². The van der Waals surface area contributed by atoms with E-state index in [4.69, 9.17) is 5.73 Å².